The molecule has 0 spiro atoms. The van der Waals surface area contributed by atoms with Crippen LogP contribution in [0.2, 0.25) is 0 Å². The van der Waals surface area contributed by atoms with E-state index in [0.717, 1.165) is 11.1 Å². The summed E-state index contributed by atoms with van der Waals surface area (Å²) in [7, 11) is 0. The van der Waals surface area contributed by atoms with Gasteiger partial charge in [-0.2, -0.15) is 0 Å². The summed E-state index contributed by atoms with van der Waals surface area (Å²) in [4.78, 5) is 22.7. The maximum absolute atomic E-state index is 11.9. The summed E-state index contributed by atoms with van der Waals surface area (Å²) in [6.07, 6.45) is 0. The third-order valence-corrected chi connectivity index (χ3v) is 3.50. The Hall–Kier alpha value is -2.04. The fourth-order valence-corrected chi connectivity index (χ4v) is 1.93. The lowest BCUT2D eigenvalue weighted by Crippen LogP contribution is -2.45. The van der Waals surface area contributed by atoms with E-state index < -0.39 is 17.9 Å². The minimum absolute atomic E-state index is 0.136. The Kier molecular flexibility index (Phi) is 5.55. The van der Waals surface area contributed by atoms with Crippen molar-refractivity contribution in [1.82, 2.24) is 10.6 Å². The van der Waals surface area contributed by atoms with Crippen molar-refractivity contribution >= 4 is 12.0 Å². The van der Waals surface area contributed by atoms with Crippen molar-refractivity contribution < 1.29 is 14.7 Å². The fourth-order valence-electron chi connectivity index (χ4n) is 1.93. The molecule has 2 amide bonds. The molecular weight excluding hydrogens is 256 g/mol. The zero-order valence-corrected chi connectivity index (χ0v) is 12.3. The summed E-state index contributed by atoms with van der Waals surface area (Å²) in [5.74, 6) is -1.56. The summed E-state index contributed by atoms with van der Waals surface area (Å²) in [6, 6.07) is 6.89. The van der Waals surface area contributed by atoms with E-state index in [1.807, 2.05) is 38.1 Å². The van der Waals surface area contributed by atoms with Gasteiger partial charge in [0, 0.05) is 6.04 Å². The van der Waals surface area contributed by atoms with Crippen LogP contribution in [0.1, 0.15) is 37.9 Å². The van der Waals surface area contributed by atoms with Crippen LogP contribution in [0, 0.1) is 12.8 Å². The van der Waals surface area contributed by atoms with E-state index in [0.29, 0.717) is 0 Å². The summed E-state index contributed by atoms with van der Waals surface area (Å²) in [5, 5.41) is 14.4. The highest BCUT2D eigenvalue weighted by Gasteiger charge is 2.21. The lowest BCUT2D eigenvalue weighted by Gasteiger charge is -2.21. The first-order valence-electron chi connectivity index (χ1n) is 6.68. The number of urea groups is 1. The Bertz CT molecular complexity index is 488. The molecule has 3 atom stereocenters. The molecule has 1 rings (SSSR count). The van der Waals surface area contributed by atoms with Crippen LogP contribution in [0.25, 0.3) is 0 Å². The molecule has 3 N–H and O–H groups in total. The molecule has 3 unspecified atom stereocenters. The van der Waals surface area contributed by atoms with E-state index >= 15 is 0 Å². The Labute approximate surface area is 119 Å². The van der Waals surface area contributed by atoms with Gasteiger partial charge in [0.1, 0.15) is 0 Å². The topological polar surface area (TPSA) is 78.4 Å². The third kappa shape index (κ3) is 4.26. The van der Waals surface area contributed by atoms with Gasteiger partial charge in [-0.15, -0.1) is 0 Å². The average Bonchev–Trinajstić information content (AvgIpc) is 2.37. The molecule has 20 heavy (non-hydrogen) atoms. The molecule has 1 aromatic rings. The van der Waals surface area contributed by atoms with Gasteiger partial charge in [0.15, 0.2) is 0 Å². The first kappa shape index (κ1) is 16.0. The van der Waals surface area contributed by atoms with Crippen LogP contribution in [0.15, 0.2) is 24.3 Å². The van der Waals surface area contributed by atoms with Gasteiger partial charge in [0.25, 0.3) is 0 Å². The Balaban J connectivity index is 2.59. The molecule has 1 aromatic carbocycles. The normalized spacial score (nSPS) is 15.0. The molecule has 0 aromatic heterocycles. The van der Waals surface area contributed by atoms with Crippen molar-refractivity contribution in [3.8, 4) is 0 Å². The number of aliphatic carboxylic acids is 1. The van der Waals surface area contributed by atoms with Gasteiger partial charge in [-0.1, -0.05) is 24.3 Å². The van der Waals surface area contributed by atoms with E-state index in [2.05, 4.69) is 10.6 Å². The number of carboxylic acids is 1. The van der Waals surface area contributed by atoms with Crippen LogP contribution in [0.3, 0.4) is 0 Å². The van der Waals surface area contributed by atoms with E-state index in [9.17, 15) is 9.59 Å². The highest BCUT2D eigenvalue weighted by molar-refractivity contribution is 5.76. The van der Waals surface area contributed by atoms with E-state index in [1.165, 1.54) is 0 Å². The molecular formula is C15H22N2O3. The number of carbonyl (C=O) groups is 2. The monoisotopic (exact) mass is 278 g/mol. The van der Waals surface area contributed by atoms with Crippen LogP contribution >= 0.6 is 0 Å². The lowest BCUT2D eigenvalue weighted by molar-refractivity contribution is -0.141. The van der Waals surface area contributed by atoms with Gasteiger partial charge in [-0.3, -0.25) is 4.79 Å². The SMILES string of the molecule is Cc1ccccc1C(C)NC(=O)NC(C)C(C)C(=O)O. The van der Waals surface area contributed by atoms with Crippen LogP contribution in [0.5, 0.6) is 0 Å². The van der Waals surface area contributed by atoms with Crippen molar-refractivity contribution in [3.05, 3.63) is 35.4 Å². The second kappa shape index (κ2) is 6.93. The summed E-state index contributed by atoms with van der Waals surface area (Å²) < 4.78 is 0. The van der Waals surface area contributed by atoms with Crippen molar-refractivity contribution in [2.45, 2.75) is 39.8 Å². The second-order valence-electron chi connectivity index (χ2n) is 5.11. The number of benzene rings is 1. The Morgan fingerprint density at radius 2 is 1.70 bits per heavy atom. The first-order chi connectivity index (χ1) is 9.32. The summed E-state index contributed by atoms with van der Waals surface area (Å²) >= 11 is 0. The van der Waals surface area contributed by atoms with Gasteiger partial charge in [-0.05, 0) is 38.8 Å². The maximum atomic E-state index is 11.9. The zero-order valence-electron chi connectivity index (χ0n) is 12.3. The highest BCUT2D eigenvalue weighted by atomic mass is 16.4. The van der Waals surface area contributed by atoms with E-state index in [-0.39, 0.29) is 12.1 Å². The van der Waals surface area contributed by atoms with Crippen LogP contribution in [-0.4, -0.2) is 23.1 Å². The van der Waals surface area contributed by atoms with Crippen LogP contribution < -0.4 is 10.6 Å². The molecule has 0 aliphatic heterocycles. The Morgan fingerprint density at radius 3 is 2.25 bits per heavy atom. The smallest absolute Gasteiger partial charge is 0.315 e. The number of rotatable bonds is 5. The Morgan fingerprint density at radius 1 is 1.10 bits per heavy atom. The van der Waals surface area contributed by atoms with Crippen LogP contribution in [0.4, 0.5) is 4.79 Å². The van der Waals surface area contributed by atoms with Crippen molar-refractivity contribution in [2.24, 2.45) is 5.92 Å². The van der Waals surface area contributed by atoms with Gasteiger partial charge in [0.2, 0.25) is 0 Å². The second-order valence-corrected chi connectivity index (χ2v) is 5.11. The zero-order chi connectivity index (χ0) is 15.3. The van der Waals surface area contributed by atoms with Gasteiger partial charge >= 0.3 is 12.0 Å². The molecule has 0 fully saturated rings. The number of hydrogen-bond acceptors (Lipinski definition) is 2. The molecule has 0 heterocycles. The number of amides is 2. The predicted octanol–water partition coefficient (Wildman–Crippen LogP) is 2.46. The van der Waals surface area contributed by atoms with Gasteiger partial charge in [0.05, 0.1) is 12.0 Å². The van der Waals surface area contributed by atoms with Crippen molar-refractivity contribution in [1.29, 1.82) is 0 Å². The predicted molar refractivity (Wildman–Crippen MR) is 77.5 cm³/mol. The lowest BCUT2D eigenvalue weighted by atomic mass is 10.0. The van der Waals surface area contributed by atoms with Crippen molar-refractivity contribution in [2.75, 3.05) is 0 Å². The van der Waals surface area contributed by atoms with Crippen molar-refractivity contribution in [3.63, 3.8) is 0 Å². The van der Waals surface area contributed by atoms with E-state index in [1.54, 1.807) is 13.8 Å². The largest absolute Gasteiger partial charge is 0.481 e. The molecule has 0 aliphatic carbocycles. The molecule has 5 nitrogen and oxygen atoms in total. The fraction of sp³-hybridized carbons (Fsp3) is 0.467. The quantitative estimate of drug-likeness (QED) is 0.774. The van der Waals surface area contributed by atoms with Gasteiger partial charge < -0.3 is 15.7 Å². The molecule has 0 saturated carbocycles. The molecule has 110 valence electrons. The minimum Gasteiger partial charge on any atom is -0.481 e. The third-order valence-electron chi connectivity index (χ3n) is 3.50. The number of hydrogen-bond donors (Lipinski definition) is 3. The summed E-state index contributed by atoms with van der Waals surface area (Å²) in [6.45, 7) is 7.13. The number of carbonyl (C=O) groups excluding carboxylic acids is 1. The molecule has 0 radical (unpaired) electrons. The molecule has 0 saturated heterocycles. The maximum Gasteiger partial charge on any atom is 0.315 e. The average molecular weight is 278 g/mol. The standard InChI is InChI=1S/C15H22N2O3/c1-9-7-5-6-8-13(9)12(4)17-15(20)16-11(3)10(2)14(18)19/h5-8,10-12H,1-4H3,(H,18,19)(H2,16,17,20). The molecule has 0 aliphatic rings. The number of carboxylic acid groups (broad SMARTS) is 1. The molecule has 5 heteroatoms. The van der Waals surface area contributed by atoms with E-state index in [4.69, 9.17) is 5.11 Å². The van der Waals surface area contributed by atoms with Gasteiger partial charge in [-0.25, -0.2) is 4.79 Å². The molecule has 0 bridgehead atoms. The highest BCUT2D eigenvalue weighted by Crippen LogP contribution is 2.16. The number of aryl methyl sites for hydroxylation is 1. The first-order valence-corrected chi connectivity index (χ1v) is 6.68. The minimum atomic E-state index is -0.926. The number of nitrogens with one attached hydrogen (secondary N) is 2. The van der Waals surface area contributed by atoms with Crippen LogP contribution in [-0.2, 0) is 4.79 Å². The summed E-state index contributed by atoms with van der Waals surface area (Å²) in [5.41, 5.74) is 2.15.